The number of likely N-dealkylation sites (N-methyl/N-ethyl adjacent to an activating group) is 1. The van der Waals surface area contributed by atoms with Gasteiger partial charge in [-0.1, -0.05) is 0 Å². The van der Waals surface area contributed by atoms with E-state index in [4.69, 9.17) is 0 Å². The number of thiophene rings is 1. The molecule has 60 valence electrons. The maximum absolute atomic E-state index is 3.57. The molecular weight excluding hydrogens is 222 g/mol. The van der Waals surface area contributed by atoms with Crippen LogP contribution in [0.5, 0.6) is 0 Å². The molecule has 0 N–H and O–H groups in total. The molecule has 1 aliphatic heterocycles. The Hall–Kier alpha value is 0.140. The van der Waals surface area contributed by atoms with Gasteiger partial charge < -0.3 is 4.90 Å². The molecule has 1 aromatic heterocycles. The Labute approximate surface area is 79.2 Å². The molecule has 1 aliphatic rings. The Bertz CT molecular complexity index is 269. The van der Waals surface area contributed by atoms with Crippen LogP contribution in [0.2, 0.25) is 0 Å². The van der Waals surface area contributed by atoms with E-state index in [1.54, 1.807) is 5.56 Å². The Morgan fingerprint density at radius 2 is 2.45 bits per heavy atom. The van der Waals surface area contributed by atoms with Crippen LogP contribution in [0.4, 0.5) is 0 Å². The van der Waals surface area contributed by atoms with Gasteiger partial charge in [-0.05, 0) is 45.9 Å². The summed E-state index contributed by atoms with van der Waals surface area (Å²) in [4.78, 5) is 2.36. The highest BCUT2D eigenvalue weighted by molar-refractivity contribution is 9.11. The lowest BCUT2D eigenvalue weighted by Crippen LogP contribution is -2.25. The summed E-state index contributed by atoms with van der Waals surface area (Å²) in [6.45, 7) is 2.32. The summed E-state index contributed by atoms with van der Waals surface area (Å²) in [6.07, 6.45) is 1.22. The van der Waals surface area contributed by atoms with Crippen LogP contribution < -0.4 is 0 Å². The van der Waals surface area contributed by atoms with E-state index in [0.29, 0.717) is 0 Å². The molecule has 1 aromatic rings. The summed E-state index contributed by atoms with van der Waals surface area (Å²) in [6, 6.07) is 0. The third-order valence-electron chi connectivity index (χ3n) is 2.12. The predicted molar refractivity (Wildman–Crippen MR) is 52.1 cm³/mol. The van der Waals surface area contributed by atoms with Gasteiger partial charge in [-0.2, -0.15) is 0 Å². The average molecular weight is 232 g/mol. The van der Waals surface area contributed by atoms with Crippen molar-refractivity contribution in [3.05, 3.63) is 20.3 Å². The Morgan fingerprint density at radius 3 is 3.27 bits per heavy atom. The summed E-state index contributed by atoms with van der Waals surface area (Å²) >= 11 is 5.38. The number of fused-ring (bicyclic) bond motifs is 1. The zero-order valence-corrected chi connectivity index (χ0v) is 8.83. The molecule has 11 heavy (non-hydrogen) atoms. The Kier molecular flexibility index (Phi) is 2.04. The highest BCUT2D eigenvalue weighted by Gasteiger charge is 2.16. The first-order valence-corrected chi connectivity index (χ1v) is 5.38. The molecule has 0 aromatic carbocycles. The van der Waals surface area contributed by atoms with Gasteiger partial charge in [-0.3, -0.25) is 0 Å². The van der Waals surface area contributed by atoms with E-state index in [1.807, 2.05) is 11.3 Å². The van der Waals surface area contributed by atoms with Crippen LogP contribution in [0.15, 0.2) is 9.17 Å². The number of rotatable bonds is 0. The standard InChI is InChI=1S/C8H10BrNS/c1-10-3-2-6-5-11-8(9)7(6)4-10/h5H,2-4H2,1H3. The number of halogens is 1. The minimum absolute atomic E-state index is 1.11. The molecule has 0 bridgehead atoms. The molecule has 0 saturated heterocycles. The van der Waals surface area contributed by atoms with E-state index in [-0.39, 0.29) is 0 Å². The minimum Gasteiger partial charge on any atom is -0.302 e. The minimum atomic E-state index is 1.11. The predicted octanol–water partition coefficient (Wildman–Crippen LogP) is 2.50. The number of hydrogen-bond acceptors (Lipinski definition) is 2. The summed E-state index contributed by atoms with van der Waals surface area (Å²) in [7, 11) is 2.17. The Morgan fingerprint density at radius 1 is 1.64 bits per heavy atom. The van der Waals surface area contributed by atoms with E-state index in [0.717, 1.165) is 6.54 Å². The fourth-order valence-corrected chi connectivity index (χ4v) is 2.93. The molecule has 0 fully saturated rings. The first-order chi connectivity index (χ1) is 5.27. The molecule has 2 heterocycles. The largest absolute Gasteiger partial charge is 0.302 e. The zero-order valence-electron chi connectivity index (χ0n) is 6.43. The van der Waals surface area contributed by atoms with E-state index < -0.39 is 0 Å². The second-order valence-corrected chi connectivity index (χ2v) is 5.20. The van der Waals surface area contributed by atoms with Crippen molar-refractivity contribution in [3.63, 3.8) is 0 Å². The lowest BCUT2D eigenvalue weighted by Gasteiger charge is -2.22. The summed E-state index contributed by atoms with van der Waals surface area (Å²) < 4.78 is 1.32. The van der Waals surface area contributed by atoms with Gasteiger partial charge in [-0.15, -0.1) is 11.3 Å². The van der Waals surface area contributed by atoms with Crippen LogP contribution in [-0.2, 0) is 13.0 Å². The van der Waals surface area contributed by atoms with E-state index >= 15 is 0 Å². The van der Waals surface area contributed by atoms with Crippen LogP contribution >= 0.6 is 27.3 Å². The quantitative estimate of drug-likeness (QED) is 0.664. The Balaban J connectivity index is 2.37. The van der Waals surface area contributed by atoms with E-state index in [2.05, 4.69) is 33.3 Å². The van der Waals surface area contributed by atoms with Crippen molar-refractivity contribution in [1.29, 1.82) is 0 Å². The number of nitrogens with zero attached hydrogens (tertiary/aromatic N) is 1. The summed E-state index contributed by atoms with van der Waals surface area (Å²) in [5, 5.41) is 2.27. The van der Waals surface area contributed by atoms with Crippen molar-refractivity contribution in [1.82, 2.24) is 4.90 Å². The van der Waals surface area contributed by atoms with Gasteiger partial charge in [-0.25, -0.2) is 0 Å². The zero-order chi connectivity index (χ0) is 7.84. The van der Waals surface area contributed by atoms with Crippen LogP contribution in [-0.4, -0.2) is 18.5 Å². The molecule has 0 aliphatic carbocycles. The van der Waals surface area contributed by atoms with Gasteiger partial charge >= 0.3 is 0 Å². The molecule has 0 radical (unpaired) electrons. The fraction of sp³-hybridized carbons (Fsp3) is 0.500. The smallest absolute Gasteiger partial charge is 0.0746 e. The van der Waals surface area contributed by atoms with Crippen molar-refractivity contribution in [2.75, 3.05) is 13.6 Å². The van der Waals surface area contributed by atoms with Gasteiger partial charge in [0.1, 0.15) is 0 Å². The van der Waals surface area contributed by atoms with Crippen molar-refractivity contribution >= 4 is 27.3 Å². The molecule has 3 heteroatoms. The molecule has 0 saturated carbocycles. The van der Waals surface area contributed by atoms with E-state index in [9.17, 15) is 0 Å². The molecule has 2 rings (SSSR count). The summed E-state index contributed by atoms with van der Waals surface area (Å²) in [5.74, 6) is 0. The maximum Gasteiger partial charge on any atom is 0.0746 e. The van der Waals surface area contributed by atoms with Gasteiger partial charge in [0, 0.05) is 13.1 Å². The van der Waals surface area contributed by atoms with Crippen molar-refractivity contribution in [2.24, 2.45) is 0 Å². The molecule has 0 spiro atoms. The highest BCUT2D eigenvalue weighted by Crippen LogP contribution is 2.31. The van der Waals surface area contributed by atoms with Gasteiger partial charge in [0.25, 0.3) is 0 Å². The molecule has 0 unspecified atom stereocenters. The lowest BCUT2D eigenvalue weighted by molar-refractivity contribution is 0.313. The third kappa shape index (κ3) is 1.37. The van der Waals surface area contributed by atoms with Crippen LogP contribution in [0, 0.1) is 0 Å². The monoisotopic (exact) mass is 231 g/mol. The van der Waals surface area contributed by atoms with Crippen LogP contribution in [0.25, 0.3) is 0 Å². The van der Waals surface area contributed by atoms with E-state index in [1.165, 1.54) is 22.3 Å². The fourth-order valence-electron chi connectivity index (χ4n) is 1.43. The first-order valence-electron chi connectivity index (χ1n) is 3.70. The van der Waals surface area contributed by atoms with Crippen molar-refractivity contribution in [2.45, 2.75) is 13.0 Å². The third-order valence-corrected chi connectivity index (χ3v) is 4.02. The normalized spacial score (nSPS) is 18.4. The first kappa shape index (κ1) is 7.77. The van der Waals surface area contributed by atoms with Crippen molar-refractivity contribution in [3.8, 4) is 0 Å². The molecular formula is C8H10BrNS. The molecule has 0 atom stereocenters. The maximum atomic E-state index is 3.57. The number of hydrogen-bond donors (Lipinski definition) is 0. The van der Waals surface area contributed by atoms with Gasteiger partial charge in [0.05, 0.1) is 3.79 Å². The SMILES string of the molecule is CN1CCc2csc(Br)c2C1. The topological polar surface area (TPSA) is 3.24 Å². The second kappa shape index (κ2) is 2.88. The summed E-state index contributed by atoms with van der Waals surface area (Å²) in [5.41, 5.74) is 3.05. The van der Waals surface area contributed by atoms with Gasteiger partial charge in [0.2, 0.25) is 0 Å². The second-order valence-electron chi connectivity index (χ2n) is 3.00. The molecule has 0 amide bonds. The average Bonchev–Trinajstić information content (AvgIpc) is 2.33. The molecule has 1 nitrogen and oxygen atoms in total. The van der Waals surface area contributed by atoms with Crippen LogP contribution in [0.3, 0.4) is 0 Å². The van der Waals surface area contributed by atoms with Crippen LogP contribution in [0.1, 0.15) is 11.1 Å². The highest BCUT2D eigenvalue weighted by atomic mass is 79.9. The van der Waals surface area contributed by atoms with Crippen molar-refractivity contribution < 1.29 is 0 Å². The van der Waals surface area contributed by atoms with Gasteiger partial charge in [0.15, 0.2) is 0 Å². The lowest BCUT2D eigenvalue weighted by atomic mass is 10.1.